The van der Waals surface area contributed by atoms with E-state index in [2.05, 4.69) is 22.0 Å². The third-order valence-electron chi connectivity index (χ3n) is 6.14. The number of ether oxygens (including phenoxy) is 1. The predicted octanol–water partition coefficient (Wildman–Crippen LogP) is 6.10. The summed E-state index contributed by atoms with van der Waals surface area (Å²) in [6.07, 6.45) is 0. The first-order valence-electron chi connectivity index (χ1n) is 12.6. The Labute approximate surface area is 233 Å². The Kier molecular flexibility index (Phi) is 9.08. The number of aryl methyl sites for hydroxylation is 1. The van der Waals surface area contributed by atoms with Crippen LogP contribution in [0.15, 0.2) is 101 Å². The van der Waals surface area contributed by atoms with Gasteiger partial charge in [-0.25, -0.2) is 0 Å². The number of nitrogens with zero attached hydrogens (tertiary/aromatic N) is 1. The minimum Gasteiger partial charge on any atom is -0.494 e. The van der Waals surface area contributed by atoms with Crippen molar-refractivity contribution >= 4 is 35.0 Å². The molecule has 0 saturated carbocycles. The zero-order valence-corrected chi connectivity index (χ0v) is 22.9. The largest absolute Gasteiger partial charge is 0.494 e. The molecule has 1 heterocycles. The number of nitriles is 1. The van der Waals surface area contributed by atoms with Gasteiger partial charge in [0.25, 0.3) is 5.91 Å². The van der Waals surface area contributed by atoms with Crippen molar-refractivity contribution in [2.24, 2.45) is 0 Å². The molecule has 1 aliphatic rings. The fraction of sp³-hybridized carbons (Fsp3) is 0.194. The molecule has 4 rings (SSSR count). The van der Waals surface area contributed by atoms with Gasteiger partial charge in [-0.2, -0.15) is 5.26 Å². The molecule has 0 bridgehead atoms. The van der Waals surface area contributed by atoms with E-state index in [1.807, 2.05) is 92.7 Å². The van der Waals surface area contributed by atoms with E-state index in [1.54, 1.807) is 6.92 Å². The van der Waals surface area contributed by atoms with E-state index in [4.69, 9.17) is 4.74 Å². The van der Waals surface area contributed by atoms with Crippen molar-refractivity contribution in [1.82, 2.24) is 5.32 Å². The SMILES string of the molecule is CCOc1ccccc1C1C(C#N)=C(SCC(=O)Nc2ccc(C)cc2)NC(C)=C1C(=O)Nc1ccccc1. The van der Waals surface area contributed by atoms with Crippen molar-refractivity contribution in [1.29, 1.82) is 5.26 Å². The molecule has 1 unspecified atom stereocenters. The predicted molar refractivity (Wildman–Crippen MR) is 156 cm³/mol. The summed E-state index contributed by atoms with van der Waals surface area (Å²) in [5, 5.41) is 20.0. The molecule has 1 aliphatic heterocycles. The van der Waals surface area contributed by atoms with Gasteiger partial charge in [-0.3, -0.25) is 9.59 Å². The Morgan fingerprint density at radius 3 is 2.31 bits per heavy atom. The number of anilines is 2. The first-order chi connectivity index (χ1) is 18.9. The molecule has 198 valence electrons. The molecule has 39 heavy (non-hydrogen) atoms. The molecule has 0 aliphatic carbocycles. The second-order valence-corrected chi connectivity index (χ2v) is 9.93. The van der Waals surface area contributed by atoms with Gasteiger partial charge in [-0.1, -0.05) is 65.9 Å². The van der Waals surface area contributed by atoms with Crippen LogP contribution in [0.2, 0.25) is 0 Å². The molecule has 8 heteroatoms. The molecule has 0 spiro atoms. The smallest absolute Gasteiger partial charge is 0.254 e. The van der Waals surface area contributed by atoms with Crippen molar-refractivity contribution in [3.63, 3.8) is 0 Å². The summed E-state index contributed by atoms with van der Waals surface area (Å²) < 4.78 is 5.90. The van der Waals surface area contributed by atoms with Crippen LogP contribution in [0.1, 0.15) is 30.9 Å². The Hall–Kier alpha value is -4.48. The molecule has 3 aromatic rings. The van der Waals surface area contributed by atoms with E-state index in [0.717, 1.165) is 5.56 Å². The second kappa shape index (κ2) is 12.9. The van der Waals surface area contributed by atoms with Gasteiger partial charge in [-0.05, 0) is 51.1 Å². The van der Waals surface area contributed by atoms with E-state index in [1.165, 1.54) is 11.8 Å². The topological polar surface area (TPSA) is 103 Å². The maximum Gasteiger partial charge on any atom is 0.254 e. The lowest BCUT2D eigenvalue weighted by Gasteiger charge is -2.30. The van der Waals surface area contributed by atoms with Gasteiger partial charge in [0.1, 0.15) is 5.75 Å². The third kappa shape index (κ3) is 6.70. The fourth-order valence-corrected chi connectivity index (χ4v) is 5.23. The molecule has 1 atom stereocenters. The second-order valence-electron chi connectivity index (χ2n) is 8.95. The Balaban J connectivity index is 1.67. The number of benzene rings is 3. The summed E-state index contributed by atoms with van der Waals surface area (Å²) in [6, 6.07) is 26.5. The number of amides is 2. The highest BCUT2D eigenvalue weighted by molar-refractivity contribution is 8.03. The van der Waals surface area contributed by atoms with Gasteiger partial charge in [-0.15, -0.1) is 0 Å². The van der Waals surface area contributed by atoms with Crippen LogP contribution in [-0.2, 0) is 9.59 Å². The maximum atomic E-state index is 13.6. The third-order valence-corrected chi connectivity index (χ3v) is 7.15. The van der Waals surface area contributed by atoms with Crippen molar-refractivity contribution < 1.29 is 14.3 Å². The van der Waals surface area contributed by atoms with Crippen molar-refractivity contribution in [3.8, 4) is 11.8 Å². The summed E-state index contributed by atoms with van der Waals surface area (Å²) in [6.45, 7) is 6.11. The molecule has 0 saturated heterocycles. The van der Waals surface area contributed by atoms with Crippen LogP contribution in [0.4, 0.5) is 11.4 Å². The van der Waals surface area contributed by atoms with E-state index in [-0.39, 0.29) is 17.6 Å². The molecule has 0 fully saturated rings. The molecule has 3 N–H and O–H groups in total. The highest BCUT2D eigenvalue weighted by Crippen LogP contribution is 2.44. The number of thioether (sulfide) groups is 1. The van der Waals surface area contributed by atoms with Gasteiger partial charge < -0.3 is 20.7 Å². The summed E-state index contributed by atoms with van der Waals surface area (Å²) in [5.74, 6) is -0.531. The maximum absolute atomic E-state index is 13.6. The quantitative estimate of drug-likeness (QED) is 0.304. The van der Waals surface area contributed by atoms with Crippen molar-refractivity contribution in [2.75, 3.05) is 23.0 Å². The summed E-state index contributed by atoms with van der Waals surface area (Å²) in [7, 11) is 0. The van der Waals surface area contributed by atoms with Crippen LogP contribution in [0.3, 0.4) is 0 Å². The van der Waals surface area contributed by atoms with E-state index >= 15 is 0 Å². The normalized spacial score (nSPS) is 14.8. The average molecular weight is 539 g/mol. The number of rotatable bonds is 9. The first kappa shape index (κ1) is 27.6. The molecule has 2 amide bonds. The summed E-state index contributed by atoms with van der Waals surface area (Å²) in [4.78, 5) is 26.4. The highest BCUT2D eigenvalue weighted by atomic mass is 32.2. The average Bonchev–Trinajstić information content (AvgIpc) is 2.93. The number of dihydropyridines is 1. The number of carbonyl (C=O) groups is 2. The van der Waals surface area contributed by atoms with Crippen LogP contribution >= 0.6 is 11.8 Å². The molecule has 3 aromatic carbocycles. The number of allylic oxidation sites excluding steroid dienone is 2. The number of carbonyl (C=O) groups excluding carboxylic acids is 2. The van der Waals surface area contributed by atoms with Crippen LogP contribution in [-0.4, -0.2) is 24.2 Å². The van der Waals surface area contributed by atoms with Crippen LogP contribution in [0.5, 0.6) is 5.75 Å². The number of hydrogen-bond donors (Lipinski definition) is 3. The lowest BCUT2D eigenvalue weighted by molar-refractivity contribution is -0.114. The fourth-order valence-electron chi connectivity index (χ4n) is 4.34. The number of para-hydroxylation sites is 2. The first-order valence-corrected chi connectivity index (χ1v) is 13.6. The van der Waals surface area contributed by atoms with Crippen molar-refractivity contribution in [3.05, 3.63) is 112 Å². The Morgan fingerprint density at radius 1 is 0.949 bits per heavy atom. The number of hydrogen-bond acceptors (Lipinski definition) is 6. The minimum absolute atomic E-state index is 0.0834. The van der Waals surface area contributed by atoms with Crippen LogP contribution in [0, 0.1) is 18.3 Å². The summed E-state index contributed by atoms with van der Waals surface area (Å²) in [5.41, 5.74) is 4.52. The molecule has 7 nitrogen and oxygen atoms in total. The van der Waals surface area contributed by atoms with Gasteiger partial charge in [0.05, 0.1) is 34.9 Å². The standard InChI is InChI=1S/C31H30N4O3S/c1-4-38-26-13-9-8-12-24(26)29-25(18-32)31(39-19-27(36)34-23-16-14-20(2)15-17-23)33-21(3)28(29)30(37)35-22-10-6-5-7-11-22/h5-17,29,33H,4,19H2,1-3H3,(H,34,36)(H,35,37). The zero-order chi connectivity index (χ0) is 27.8. The molecule has 0 aromatic heterocycles. The van der Waals surface area contributed by atoms with Gasteiger partial charge in [0, 0.05) is 28.2 Å². The van der Waals surface area contributed by atoms with Gasteiger partial charge in [0.15, 0.2) is 0 Å². The van der Waals surface area contributed by atoms with E-state index in [0.29, 0.717) is 51.2 Å². The summed E-state index contributed by atoms with van der Waals surface area (Å²) >= 11 is 1.23. The van der Waals surface area contributed by atoms with E-state index in [9.17, 15) is 14.9 Å². The monoisotopic (exact) mass is 538 g/mol. The Morgan fingerprint density at radius 2 is 1.62 bits per heavy atom. The van der Waals surface area contributed by atoms with E-state index < -0.39 is 5.92 Å². The Bertz CT molecular complexity index is 1460. The van der Waals surface area contributed by atoms with Crippen LogP contribution < -0.4 is 20.7 Å². The van der Waals surface area contributed by atoms with Gasteiger partial charge in [0.2, 0.25) is 5.91 Å². The highest BCUT2D eigenvalue weighted by Gasteiger charge is 2.36. The van der Waals surface area contributed by atoms with Crippen LogP contribution in [0.25, 0.3) is 0 Å². The zero-order valence-electron chi connectivity index (χ0n) is 22.1. The lowest BCUT2D eigenvalue weighted by atomic mass is 9.81. The molecular weight excluding hydrogens is 508 g/mol. The molecular formula is C31H30N4O3S. The number of nitrogens with one attached hydrogen (secondary N) is 3. The van der Waals surface area contributed by atoms with Gasteiger partial charge >= 0.3 is 0 Å². The van der Waals surface area contributed by atoms with Crippen molar-refractivity contribution in [2.45, 2.75) is 26.7 Å². The molecule has 0 radical (unpaired) electrons. The lowest BCUT2D eigenvalue weighted by Crippen LogP contribution is -2.31. The minimum atomic E-state index is -0.689.